The molecule has 1 aromatic carbocycles. The number of furan rings is 1. The number of carbonyl (C=O) groups excluding carboxylic acids is 2. The molecule has 7 nitrogen and oxygen atoms in total. The van der Waals surface area contributed by atoms with E-state index in [0.29, 0.717) is 17.2 Å². The maximum absolute atomic E-state index is 13.0. The Morgan fingerprint density at radius 2 is 2.00 bits per heavy atom. The maximum Gasteiger partial charge on any atom is 0.294 e. The lowest BCUT2D eigenvalue weighted by Crippen LogP contribution is -2.30. The van der Waals surface area contributed by atoms with Crippen molar-refractivity contribution in [3.63, 3.8) is 0 Å². The molecule has 0 aliphatic carbocycles. The maximum atomic E-state index is 13.0. The molecule has 0 bridgehead atoms. The molecule has 1 unspecified atom stereocenters. The van der Waals surface area contributed by atoms with Crippen molar-refractivity contribution in [2.75, 3.05) is 11.7 Å². The zero-order valence-electron chi connectivity index (χ0n) is 14.3. The monoisotopic (exact) mass is 395 g/mol. The lowest BCUT2D eigenvalue weighted by atomic mass is 10.00. The molecule has 0 saturated heterocycles. The fourth-order valence-corrected chi connectivity index (χ4v) is 4.22. The molecule has 2 aliphatic heterocycles. The highest BCUT2D eigenvalue weighted by Crippen LogP contribution is 2.45. The number of amides is 1. The third kappa shape index (κ3) is 2.42. The highest BCUT2D eigenvalue weighted by atomic mass is 32.1. The van der Waals surface area contributed by atoms with Gasteiger partial charge in [0.15, 0.2) is 23.0 Å². The van der Waals surface area contributed by atoms with E-state index in [4.69, 9.17) is 13.9 Å². The minimum absolute atomic E-state index is 0.0138. The average Bonchev–Trinajstić information content (AvgIpc) is 3.49. The smallest absolute Gasteiger partial charge is 0.294 e. The van der Waals surface area contributed by atoms with Gasteiger partial charge in [0, 0.05) is 16.6 Å². The molecule has 5 rings (SSSR count). The Bertz CT molecular complexity index is 1100. The van der Waals surface area contributed by atoms with Gasteiger partial charge in [0.2, 0.25) is 12.6 Å². The van der Waals surface area contributed by atoms with Crippen LogP contribution in [0.25, 0.3) is 0 Å². The van der Waals surface area contributed by atoms with Gasteiger partial charge < -0.3 is 19.0 Å². The Kier molecular flexibility index (Phi) is 3.73. The number of aliphatic hydroxyl groups is 1. The molecule has 28 heavy (non-hydrogen) atoms. The van der Waals surface area contributed by atoms with Gasteiger partial charge in [0.25, 0.3) is 5.91 Å². The molecule has 140 valence electrons. The zero-order chi connectivity index (χ0) is 19.3. The van der Waals surface area contributed by atoms with Crippen molar-refractivity contribution >= 4 is 28.7 Å². The van der Waals surface area contributed by atoms with Gasteiger partial charge in [-0.25, -0.2) is 0 Å². The summed E-state index contributed by atoms with van der Waals surface area (Å²) in [7, 11) is 0. The topological polar surface area (TPSA) is 89.2 Å². The fraction of sp³-hybridized carbons (Fsp3) is 0.100. The number of ether oxygens (including phenoxy) is 2. The van der Waals surface area contributed by atoms with E-state index in [1.54, 1.807) is 24.3 Å². The van der Waals surface area contributed by atoms with Crippen LogP contribution in [0.2, 0.25) is 0 Å². The first-order valence-electron chi connectivity index (χ1n) is 8.43. The highest BCUT2D eigenvalue weighted by molar-refractivity contribution is 7.10. The van der Waals surface area contributed by atoms with Gasteiger partial charge in [-0.3, -0.25) is 14.5 Å². The Labute approximate surface area is 163 Å². The first kappa shape index (κ1) is 16.6. The van der Waals surface area contributed by atoms with Gasteiger partial charge in [-0.15, -0.1) is 11.3 Å². The number of benzene rings is 1. The van der Waals surface area contributed by atoms with Crippen LogP contribution in [0.3, 0.4) is 0 Å². The molecule has 0 spiro atoms. The fourth-order valence-electron chi connectivity index (χ4n) is 3.40. The first-order chi connectivity index (χ1) is 13.6. The second-order valence-corrected chi connectivity index (χ2v) is 7.18. The third-order valence-electron chi connectivity index (χ3n) is 4.64. The van der Waals surface area contributed by atoms with Crippen LogP contribution >= 0.6 is 11.3 Å². The van der Waals surface area contributed by atoms with E-state index < -0.39 is 23.5 Å². The molecule has 2 aromatic heterocycles. The first-order valence-corrected chi connectivity index (χ1v) is 9.31. The largest absolute Gasteiger partial charge is 0.503 e. The molecule has 8 heteroatoms. The van der Waals surface area contributed by atoms with Crippen LogP contribution in [0.15, 0.2) is 69.9 Å². The Morgan fingerprint density at radius 3 is 2.75 bits per heavy atom. The number of thiophene rings is 1. The quantitative estimate of drug-likeness (QED) is 0.675. The predicted octanol–water partition coefficient (Wildman–Crippen LogP) is 3.85. The van der Waals surface area contributed by atoms with Gasteiger partial charge in [-0.1, -0.05) is 6.07 Å². The lowest BCUT2D eigenvalue weighted by molar-refractivity contribution is -0.117. The van der Waals surface area contributed by atoms with Gasteiger partial charge in [0.1, 0.15) is 6.04 Å². The van der Waals surface area contributed by atoms with Crippen LogP contribution in [-0.4, -0.2) is 23.6 Å². The zero-order valence-corrected chi connectivity index (χ0v) is 15.1. The number of fused-ring (bicyclic) bond motifs is 1. The van der Waals surface area contributed by atoms with Gasteiger partial charge in [0.05, 0.1) is 11.8 Å². The number of rotatable bonds is 4. The Balaban J connectivity index is 1.64. The average molecular weight is 395 g/mol. The van der Waals surface area contributed by atoms with E-state index in [1.165, 1.54) is 28.6 Å². The number of carbonyl (C=O) groups is 2. The summed E-state index contributed by atoms with van der Waals surface area (Å²) in [5, 5.41) is 12.4. The van der Waals surface area contributed by atoms with Crippen molar-refractivity contribution in [1.29, 1.82) is 0 Å². The van der Waals surface area contributed by atoms with Crippen molar-refractivity contribution in [2.24, 2.45) is 0 Å². The van der Waals surface area contributed by atoms with Crippen molar-refractivity contribution in [3.8, 4) is 11.5 Å². The number of Topliss-reactive ketones (excluding diaryl/α,β-unsaturated/α-hetero) is 1. The van der Waals surface area contributed by atoms with Crippen molar-refractivity contribution in [1.82, 2.24) is 0 Å². The molecular weight excluding hydrogens is 382 g/mol. The summed E-state index contributed by atoms with van der Waals surface area (Å²) in [4.78, 5) is 28.1. The van der Waals surface area contributed by atoms with Crippen LogP contribution in [0, 0.1) is 0 Å². The molecular formula is C20H13NO6S. The van der Waals surface area contributed by atoms with Gasteiger partial charge in [-0.05, 0) is 35.7 Å². The SMILES string of the molecule is O=C(C1=C(O)C(=O)N(c2ccc3c(c2)OCO3)C1c1cccs1)c1ccco1. The van der Waals surface area contributed by atoms with Crippen LogP contribution in [0.5, 0.6) is 11.5 Å². The molecule has 1 atom stereocenters. The number of ketones is 1. The minimum atomic E-state index is -0.773. The summed E-state index contributed by atoms with van der Waals surface area (Å²) < 4.78 is 15.9. The second kappa shape index (κ2) is 6.28. The van der Waals surface area contributed by atoms with E-state index in [0.717, 1.165) is 4.88 Å². The summed E-state index contributed by atoms with van der Waals surface area (Å²) in [5.41, 5.74) is 0.474. The van der Waals surface area contributed by atoms with E-state index >= 15 is 0 Å². The molecule has 1 amide bonds. The summed E-state index contributed by atoms with van der Waals surface area (Å²) in [6.07, 6.45) is 1.37. The van der Waals surface area contributed by atoms with Crippen molar-refractivity contribution in [2.45, 2.75) is 6.04 Å². The van der Waals surface area contributed by atoms with Gasteiger partial charge >= 0.3 is 0 Å². The summed E-state index contributed by atoms with van der Waals surface area (Å²) in [6.45, 7) is 0.104. The molecule has 1 N–H and O–H groups in total. The molecule has 0 saturated carbocycles. The standard InChI is InChI=1S/C20H13NO6S/c22-18(13-3-1-7-25-13)16-17(15-4-2-8-28-15)21(20(24)19(16)23)11-5-6-12-14(9-11)27-10-26-12/h1-9,17,23H,10H2. The third-order valence-corrected chi connectivity index (χ3v) is 5.57. The second-order valence-electron chi connectivity index (χ2n) is 6.20. The number of hydrogen-bond acceptors (Lipinski definition) is 7. The lowest BCUT2D eigenvalue weighted by Gasteiger charge is -2.25. The number of aliphatic hydroxyl groups excluding tert-OH is 1. The van der Waals surface area contributed by atoms with E-state index in [-0.39, 0.29) is 18.1 Å². The molecule has 3 aromatic rings. The van der Waals surface area contributed by atoms with Crippen LogP contribution < -0.4 is 14.4 Å². The molecule has 0 fully saturated rings. The Hall–Kier alpha value is -3.52. The Morgan fingerprint density at radius 1 is 1.14 bits per heavy atom. The normalized spacial score (nSPS) is 18.2. The van der Waals surface area contributed by atoms with E-state index in [2.05, 4.69) is 0 Å². The van der Waals surface area contributed by atoms with Crippen LogP contribution in [0.1, 0.15) is 21.5 Å². The minimum Gasteiger partial charge on any atom is -0.503 e. The summed E-state index contributed by atoms with van der Waals surface area (Å²) >= 11 is 1.39. The summed E-state index contributed by atoms with van der Waals surface area (Å²) in [5.74, 6) is -0.641. The number of anilines is 1. The van der Waals surface area contributed by atoms with E-state index in [9.17, 15) is 14.7 Å². The van der Waals surface area contributed by atoms with Gasteiger partial charge in [-0.2, -0.15) is 0 Å². The molecule has 0 radical (unpaired) electrons. The molecule has 4 heterocycles. The highest BCUT2D eigenvalue weighted by Gasteiger charge is 2.46. The number of nitrogens with zero attached hydrogens (tertiary/aromatic N) is 1. The molecule has 2 aliphatic rings. The van der Waals surface area contributed by atoms with Crippen molar-refractivity contribution in [3.05, 3.63) is 76.1 Å². The summed E-state index contributed by atoms with van der Waals surface area (Å²) in [6, 6.07) is 11.0. The van der Waals surface area contributed by atoms with Crippen molar-refractivity contribution < 1.29 is 28.6 Å². The van der Waals surface area contributed by atoms with E-state index in [1.807, 2.05) is 17.5 Å². The van der Waals surface area contributed by atoms with Crippen LogP contribution in [0.4, 0.5) is 5.69 Å². The number of hydrogen-bond donors (Lipinski definition) is 1. The van der Waals surface area contributed by atoms with Crippen LogP contribution in [-0.2, 0) is 4.79 Å². The predicted molar refractivity (Wildman–Crippen MR) is 99.8 cm³/mol.